The predicted molar refractivity (Wildman–Crippen MR) is 80.1 cm³/mol. The number of nitrogens with one attached hydrogen (secondary N) is 1. The molecule has 2 amide bonds. The van der Waals surface area contributed by atoms with E-state index in [2.05, 4.69) is 5.32 Å². The van der Waals surface area contributed by atoms with Crippen LogP contribution in [0.3, 0.4) is 0 Å². The Bertz CT molecular complexity index is 529. The van der Waals surface area contributed by atoms with Crippen LogP contribution in [0.5, 0.6) is 0 Å². The van der Waals surface area contributed by atoms with E-state index in [9.17, 15) is 18.4 Å². The molecule has 7 heteroatoms. The van der Waals surface area contributed by atoms with Gasteiger partial charge >= 0.3 is 0 Å². The number of likely N-dealkylation sites (N-methyl/N-ethyl adjacent to an activating group) is 1. The molecule has 22 heavy (non-hydrogen) atoms. The van der Waals surface area contributed by atoms with Crippen LogP contribution < -0.4 is 11.1 Å². The molecule has 0 unspecified atom stereocenters. The molecule has 1 aromatic carbocycles. The van der Waals surface area contributed by atoms with Crippen molar-refractivity contribution in [2.24, 2.45) is 11.7 Å². The van der Waals surface area contributed by atoms with Gasteiger partial charge in [-0.2, -0.15) is 0 Å². The van der Waals surface area contributed by atoms with E-state index in [1.807, 2.05) is 13.8 Å². The van der Waals surface area contributed by atoms with Crippen LogP contribution in [0.25, 0.3) is 0 Å². The van der Waals surface area contributed by atoms with Crippen LogP contribution in [0, 0.1) is 17.6 Å². The van der Waals surface area contributed by atoms with Crippen molar-refractivity contribution in [1.29, 1.82) is 0 Å². The van der Waals surface area contributed by atoms with E-state index in [0.29, 0.717) is 12.5 Å². The van der Waals surface area contributed by atoms with Gasteiger partial charge in [0.1, 0.15) is 11.6 Å². The van der Waals surface area contributed by atoms with Crippen LogP contribution in [0.4, 0.5) is 14.5 Å². The first-order chi connectivity index (χ1) is 10.2. The smallest absolute Gasteiger partial charge is 0.243 e. The molecule has 1 atom stereocenters. The van der Waals surface area contributed by atoms with E-state index in [1.54, 1.807) is 0 Å². The Labute approximate surface area is 128 Å². The highest BCUT2D eigenvalue weighted by Gasteiger charge is 2.20. The van der Waals surface area contributed by atoms with Crippen LogP contribution in [0.1, 0.15) is 20.3 Å². The molecule has 0 spiro atoms. The van der Waals surface area contributed by atoms with Gasteiger partial charge in [-0.05, 0) is 24.5 Å². The van der Waals surface area contributed by atoms with Gasteiger partial charge in [-0.1, -0.05) is 13.8 Å². The van der Waals surface area contributed by atoms with Crippen LogP contribution in [-0.2, 0) is 9.59 Å². The molecular weight excluding hydrogens is 292 g/mol. The topological polar surface area (TPSA) is 75.4 Å². The van der Waals surface area contributed by atoms with Crippen LogP contribution in [-0.4, -0.2) is 36.3 Å². The molecule has 0 heterocycles. The highest BCUT2D eigenvalue weighted by molar-refractivity contribution is 5.95. The third-order valence-corrected chi connectivity index (χ3v) is 2.95. The average Bonchev–Trinajstić information content (AvgIpc) is 2.35. The minimum absolute atomic E-state index is 0.00479. The van der Waals surface area contributed by atoms with E-state index >= 15 is 0 Å². The van der Waals surface area contributed by atoms with Crippen molar-refractivity contribution in [2.45, 2.75) is 26.3 Å². The summed E-state index contributed by atoms with van der Waals surface area (Å²) in [6, 6.07) is 2.01. The fourth-order valence-electron chi connectivity index (χ4n) is 2.01. The Morgan fingerprint density at radius 1 is 1.23 bits per heavy atom. The molecule has 0 saturated carbocycles. The molecule has 1 rings (SSSR count). The van der Waals surface area contributed by atoms with Crippen molar-refractivity contribution in [3.63, 3.8) is 0 Å². The van der Waals surface area contributed by atoms with E-state index in [0.717, 1.165) is 12.1 Å². The normalized spacial score (nSPS) is 12.1. The number of amides is 2. The lowest BCUT2D eigenvalue weighted by molar-refractivity contribution is -0.134. The van der Waals surface area contributed by atoms with E-state index in [-0.39, 0.29) is 24.1 Å². The zero-order valence-corrected chi connectivity index (χ0v) is 12.9. The second kappa shape index (κ2) is 7.84. The molecule has 0 bridgehead atoms. The van der Waals surface area contributed by atoms with Gasteiger partial charge in [-0.25, -0.2) is 8.78 Å². The van der Waals surface area contributed by atoms with Crippen molar-refractivity contribution in [1.82, 2.24) is 4.90 Å². The number of nitrogens with zero attached hydrogens (tertiary/aromatic N) is 1. The van der Waals surface area contributed by atoms with Crippen LogP contribution in [0.2, 0.25) is 0 Å². The van der Waals surface area contributed by atoms with Gasteiger partial charge in [0.05, 0.1) is 12.6 Å². The van der Waals surface area contributed by atoms with E-state index in [4.69, 9.17) is 5.73 Å². The predicted octanol–water partition coefficient (Wildman–Crippen LogP) is 1.74. The number of halogens is 2. The fourth-order valence-corrected chi connectivity index (χ4v) is 2.01. The van der Waals surface area contributed by atoms with Crippen molar-refractivity contribution >= 4 is 17.5 Å². The maximum atomic E-state index is 13.0. The average molecular weight is 313 g/mol. The highest BCUT2D eigenvalue weighted by Crippen LogP contribution is 2.13. The second-order valence-corrected chi connectivity index (χ2v) is 5.64. The standard InChI is InChI=1S/C15H21F2N3O2/c1-9(2)4-13(18)15(22)20(3)8-14(21)19-12-6-10(16)5-11(17)7-12/h5-7,9,13H,4,8,18H2,1-3H3,(H,19,21)/t13-/m0/s1. The molecule has 5 nitrogen and oxygen atoms in total. The van der Waals surface area contributed by atoms with Crippen molar-refractivity contribution < 1.29 is 18.4 Å². The molecule has 0 saturated heterocycles. The minimum atomic E-state index is -0.793. The lowest BCUT2D eigenvalue weighted by Crippen LogP contribution is -2.45. The minimum Gasteiger partial charge on any atom is -0.335 e. The summed E-state index contributed by atoms with van der Waals surface area (Å²) in [5.74, 6) is -2.24. The van der Waals surface area contributed by atoms with Gasteiger partial charge in [-0.15, -0.1) is 0 Å². The van der Waals surface area contributed by atoms with E-state index < -0.39 is 23.6 Å². The maximum Gasteiger partial charge on any atom is 0.243 e. The Morgan fingerprint density at radius 2 is 1.77 bits per heavy atom. The zero-order valence-electron chi connectivity index (χ0n) is 12.9. The van der Waals surface area contributed by atoms with Gasteiger partial charge < -0.3 is 16.0 Å². The number of carbonyl (C=O) groups is 2. The first-order valence-corrected chi connectivity index (χ1v) is 6.95. The second-order valence-electron chi connectivity index (χ2n) is 5.64. The highest BCUT2D eigenvalue weighted by atomic mass is 19.1. The van der Waals surface area contributed by atoms with Gasteiger partial charge in [-0.3, -0.25) is 9.59 Å². The molecular formula is C15H21F2N3O2. The number of hydrogen-bond acceptors (Lipinski definition) is 3. The van der Waals surface area contributed by atoms with Gasteiger partial charge in [0.15, 0.2) is 0 Å². The quantitative estimate of drug-likeness (QED) is 0.840. The van der Waals surface area contributed by atoms with E-state index in [1.165, 1.54) is 11.9 Å². The van der Waals surface area contributed by atoms with Gasteiger partial charge in [0.25, 0.3) is 0 Å². The summed E-state index contributed by atoms with van der Waals surface area (Å²) >= 11 is 0. The third-order valence-electron chi connectivity index (χ3n) is 2.95. The lowest BCUT2D eigenvalue weighted by atomic mass is 10.0. The summed E-state index contributed by atoms with van der Waals surface area (Å²) in [7, 11) is 1.45. The summed E-state index contributed by atoms with van der Waals surface area (Å²) in [4.78, 5) is 25.0. The Morgan fingerprint density at radius 3 is 2.27 bits per heavy atom. The van der Waals surface area contributed by atoms with Crippen molar-refractivity contribution in [3.05, 3.63) is 29.8 Å². The Balaban J connectivity index is 2.58. The molecule has 0 aliphatic rings. The fraction of sp³-hybridized carbons (Fsp3) is 0.467. The summed E-state index contributed by atoms with van der Waals surface area (Å²) in [5, 5.41) is 2.34. The largest absolute Gasteiger partial charge is 0.335 e. The van der Waals surface area contributed by atoms with Gasteiger partial charge in [0.2, 0.25) is 11.8 Å². The number of benzene rings is 1. The zero-order chi connectivity index (χ0) is 16.9. The lowest BCUT2D eigenvalue weighted by Gasteiger charge is -2.21. The molecule has 0 aliphatic carbocycles. The van der Waals surface area contributed by atoms with Gasteiger partial charge in [0, 0.05) is 18.8 Å². The number of rotatable bonds is 6. The number of hydrogen-bond donors (Lipinski definition) is 2. The SMILES string of the molecule is CC(C)C[C@H](N)C(=O)N(C)CC(=O)Nc1cc(F)cc(F)c1. The third kappa shape index (κ3) is 5.77. The Kier molecular flexibility index (Phi) is 6.42. The molecule has 0 fully saturated rings. The molecule has 122 valence electrons. The monoisotopic (exact) mass is 313 g/mol. The Hall–Kier alpha value is -2.02. The first-order valence-electron chi connectivity index (χ1n) is 6.95. The molecule has 1 aromatic rings. The van der Waals surface area contributed by atoms with Crippen molar-refractivity contribution in [2.75, 3.05) is 18.9 Å². The number of carbonyl (C=O) groups excluding carboxylic acids is 2. The maximum absolute atomic E-state index is 13.0. The molecule has 3 N–H and O–H groups in total. The summed E-state index contributed by atoms with van der Waals surface area (Å²) in [6.07, 6.45) is 0.514. The van der Waals surface area contributed by atoms with Crippen molar-refractivity contribution in [3.8, 4) is 0 Å². The summed E-state index contributed by atoms with van der Waals surface area (Å²) in [5.41, 5.74) is 5.76. The summed E-state index contributed by atoms with van der Waals surface area (Å²) in [6.45, 7) is 3.64. The number of nitrogens with two attached hydrogens (primary N) is 1. The number of anilines is 1. The summed E-state index contributed by atoms with van der Waals surface area (Å²) < 4.78 is 26.0. The van der Waals surface area contributed by atoms with Crippen LogP contribution >= 0.6 is 0 Å². The molecule has 0 aliphatic heterocycles. The first kappa shape index (κ1) is 18.0. The van der Waals surface area contributed by atoms with Crippen LogP contribution in [0.15, 0.2) is 18.2 Å². The molecule has 0 radical (unpaired) electrons. The molecule has 0 aromatic heterocycles.